The summed E-state index contributed by atoms with van der Waals surface area (Å²) in [5.41, 5.74) is 0. The lowest BCUT2D eigenvalue weighted by molar-refractivity contribution is 0.494. The highest BCUT2D eigenvalue weighted by Gasteiger charge is 1.87. The molecule has 1 aromatic heterocycles. The Labute approximate surface area is 68.0 Å². The van der Waals surface area contributed by atoms with Crippen LogP contribution in [0.3, 0.4) is 0 Å². The number of oxazole rings is 1. The van der Waals surface area contributed by atoms with E-state index in [0.29, 0.717) is 0 Å². The lowest BCUT2D eigenvalue weighted by Gasteiger charge is -1.73. The van der Waals surface area contributed by atoms with Crippen LogP contribution in [-0.2, 0) is 0 Å². The minimum Gasteiger partial charge on any atom is -0.446 e. The molecule has 2 nitrogen and oxygen atoms in total. The summed E-state index contributed by atoms with van der Waals surface area (Å²) in [5, 5.41) is 0. The van der Waals surface area contributed by atoms with Crippen molar-refractivity contribution in [1.82, 2.24) is 4.98 Å². The van der Waals surface area contributed by atoms with E-state index >= 15 is 0 Å². The van der Waals surface area contributed by atoms with Gasteiger partial charge < -0.3 is 4.42 Å². The van der Waals surface area contributed by atoms with E-state index in [1.54, 1.807) is 6.20 Å². The van der Waals surface area contributed by atoms with Crippen LogP contribution in [0.15, 0.2) is 23.8 Å². The first-order chi connectivity index (χ1) is 5.29. The Morgan fingerprint density at radius 1 is 1.36 bits per heavy atom. The van der Waals surface area contributed by atoms with Gasteiger partial charge in [0.05, 0.1) is 6.20 Å². The van der Waals surface area contributed by atoms with E-state index in [1.807, 2.05) is 13.8 Å². The predicted molar refractivity (Wildman–Crippen MR) is 47.1 cm³/mol. The first-order valence-electron chi connectivity index (χ1n) is 3.01. The summed E-state index contributed by atoms with van der Waals surface area (Å²) in [6.07, 6.45) is 9.70. The molecule has 1 heterocycles. The SMILES string of the molecule is C#C.C=C.Cc1cnc(C)o1. The molecule has 0 spiro atoms. The van der Waals surface area contributed by atoms with E-state index in [1.165, 1.54) is 0 Å². The molecule has 0 aliphatic carbocycles. The molecule has 0 unspecified atom stereocenters. The second-order valence-corrected chi connectivity index (χ2v) is 1.49. The number of aryl methyl sites for hydroxylation is 2. The number of terminal acetylenes is 1. The third-order valence-electron chi connectivity index (χ3n) is 0.737. The number of aromatic nitrogens is 1. The van der Waals surface area contributed by atoms with E-state index in [2.05, 4.69) is 31.0 Å². The molecule has 1 aromatic rings. The van der Waals surface area contributed by atoms with Gasteiger partial charge in [0.15, 0.2) is 5.89 Å². The summed E-state index contributed by atoms with van der Waals surface area (Å²) in [5.74, 6) is 1.61. The van der Waals surface area contributed by atoms with Crippen molar-refractivity contribution in [3.8, 4) is 12.8 Å². The van der Waals surface area contributed by atoms with Gasteiger partial charge in [0.1, 0.15) is 5.76 Å². The molecule has 0 saturated carbocycles. The fourth-order valence-corrected chi connectivity index (χ4v) is 0.467. The van der Waals surface area contributed by atoms with Gasteiger partial charge in [-0.25, -0.2) is 4.98 Å². The molecule has 0 amide bonds. The van der Waals surface area contributed by atoms with Crippen LogP contribution in [0.2, 0.25) is 0 Å². The molecule has 11 heavy (non-hydrogen) atoms. The molecule has 1 rings (SSSR count). The van der Waals surface area contributed by atoms with Crippen molar-refractivity contribution in [2.45, 2.75) is 13.8 Å². The Balaban J connectivity index is 0. The van der Waals surface area contributed by atoms with Gasteiger partial charge in [-0.05, 0) is 6.92 Å². The largest absolute Gasteiger partial charge is 0.446 e. The number of rotatable bonds is 0. The van der Waals surface area contributed by atoms with Crippen LogP contribution in [-0.4, -0.2) is 4.98 Å². The molecule has 0 aliphatic heterocycles. The Kier molecular flexibility index (Phi) is 9.45. The first kappa shape index (κ1) is 12.2. The molecule has 0 radical (unpaired) electrons. The van der Waals surface area contributed by atoms with Gasteiger partial charge in [-0.15, -0.1) is 26.0 Å². The summed E-state index contributed by atoms with van der Waals surface area (Å²) >= 11 is 0. The van der Waals surface area contributed by atoms with Crippen molar-refractivity contribution < 1.29 is 4.42 Å². The molecule has 2 heteroatoms. The molecular weight excluding hydrogens is 138 g/mol. The van der Waals surface area contributed by atoms with Gasteiger partial charge in [0.2, 0.25) is 0 Å². The van der Waals surface area contributed by atoms with Gasteiger partial charge in [0.25, 0.3) is 0 Å². The molecule has 0 atom stereocenters. The maximum absolute atomic E-state index is 4.97. The maximum Gasteiger partial charge on any atom is 0.191 e. The van der Waals surface area contributed by atoms with Crippen LogP contribution in [0.25, 0.3) is 0 Å². The van der Waals surface area contributed by atoms with Crippen molar-refractivity contribution in [1.29, 1.82) is 0 Å². The first-order valence-corrected chi connectivity index (χ1v) is 3.01. The van der Waals surface area contributed by atoms with E-state index in [4.69, 9.17) is 4.42 Å². The molecule has 0 saturated heterocycles. The Morgan fingerprint density at radius 3 is 1.91 bits per heavy atom. The van der Waals surface area contributed by atoms with Gasteiger partial charge in [-0.3, -0.25) is 0 Å². The minimum atomic E-state index is 0.734. The maximum atomic E-state index is 4.97. The van der Waals surface area contributed by atoms with Crippen molar-refractivity contribution in [2.24, 2.45) is 0 Å². The van der Waals surface area contributed by atoms with Crippen molar-refractivity contribution in [2.75, 3.05) is 0 Å². The molecule has 0 aromatic carbocycles. The molecule has 0 bridgehead atoms. The van der Waals surface area contributed by atoms with Crippen LogP contribution in [0, 0.1) is 26.7 Å². The van der Waals surface area contributed by atoms with Crippen molar-refractivity contribution in [3.05, 3.63) is 31.0 Å². The third-order valence-corrected chi connectivity index (χ3v) is 0.737. The summed E-state index contributed by atoms with van der Waals surface area (Å²) in [4.78, 5) is 3.85. The van der Waals surface area contributed by atoms with Gasteiger partial charge >= 0.3 is 0 Å². The van der Waals surface area contributed by atoms with E-state index < -0.39 is 0 Å². The van der Waals surface area contributed by atoms with E-state index in [0.717, 1.165) is 11.7 Å². The predicted octanol–water partition coefficient (Wildman–Crippen LogP) is 2.34. The third kappa shape index (κ3) is 6.39. The zero-order valence-corrected chi connectivity index (χ0v) is 7.00. The zero-order valence-electron chi connectivity index (χ0n) is 7.00. The smallest absolute Gasteiger partial charge is 0.191 e. The molecule has 0 aliphatic rings. The summed E-state index contributed by atoms with van der Waals surface area (Å²) in [7, 11) is 0. The number of hydrogen-bond donors (Lipinski definition) is 0. The van der Waals surface area contributed by atoms with Crippen LogP contribution in [0.1, 0.15) is 11.7 Å². The zero-order chi connectivity index (χ0) is 9.28. The highest BCUT2D eigenvalue weighted by Crippen LogP contribution is 1.96. The monoisotopic (exact) mass is 151 g/mol. The Morgan fingerprint density at radius 2 is 1.82 bits per heavy atom. The lowest BCUT2D eigenvalue weighted by Crippen LogP contribution is -1.59. The normalized spacial score (nSPS) is 6.55. The standard InChI is InChI=1S/C5H7NO.C2H4.C2H2/c1-4-3-6-5(2)7-4;2*1-2/h3H,1-2H3;1-2H2;1-2H. The topological polar surface area (TPSA) is 26.0 Å². The fourth-order valence-electron chi connectivity index (χ4n) is 0.467. The lowest BCUT2D eigenvalue weighted by atomic mass is 10.6. The second-order valence-electron chi connectivity index (χ2n) is 1.49. The van der Waals surface area contributed by atoms with Crippen LogP contribution >= 0.6 is 0 Å². The molecule has 0 fully saturated rings. The summed E-state index contributed by atoms with van der Waals surface area (Å²) < 4.78 is 4.97. The average molecular weight is 151 g/mol. The molecule has 0 N–H and O–H groups in total. The number of hydrogen-bond acceptors (Lipinski definition) is 2. The van der Waals surface area contributed by atoms with Crippen LogP contribution in [0.4, 0.5) is 0 Å². The van der Waals surface area contributed by atoms with Gasteiger partial charge in [0, 0.05) is 6.92 Å². The Bertz CT molecular complexity index is 184. The average Bonchev–Trinajstić information content (AvgIpc) is 2.43. The van der Waals surface area contributed by atoms with Crippen LogP contribution in [0.5, 0.6) is 0 Å². The molecule has 60 valence electrons. The van der Waals surface area contributed by atoms with E-state index in [9.17, 15) is 0 Å². The number of nitrogens with zero attached hydrogens (tertiary/aromatic N) is 1. The summed E-state index contributed by atoms with van der Waals surface area (Å²) in [6, 6.07) is 0. The van der Waals surface area contributed by atoms with Gasteiger partial charge in [-0.1, -0.05) is 0 Å². The van der Waals surface area contributed by atoms with E-state index in [-0.39, 0.29) is 0 Å². The van der Waals surface area contributed by atoms with Crippen LogP contribution < -0.4 is 0 Å². The van der Waals surface area contributed by atoms with Gasteiger partial charge in [-0.2, -0.15) is 0 Å². The summed E-state index contributed by atoms with van der Waals surface area (Å²) in [6.45, 7) is 9.70. The highest BCUT2D eigenvalue weighted by molar-refractivity contribution is 4.87. The second kappa shape index (κ2) is 8.51. The Hall–Kier alpha value is -1.49. The minimum absolute atomic E-state index is 0.734. The quantitative estimate of drug-likeness (QED) is 0.420. The van der Waals surface area contributed by atoms with Crippen molar-refractivity contribution >= 4 is 0 Å². The van der Waals surface area contributed by atoms with Crippen molar-refractivity contribution in [3.63, 3.8) is 0 Å². The highest BCUT2D eigenvalue weighted by atomic mass is 16.3. The molecular formula is C9H13NO. The fraction of sp³-hybridized carbons (Fsp3) is 0.222.